The van der Waals surface area contributed by atoms with Gasteiger partial charge in [0.05, 0.1) is 22.5 Å². The Hall–Kier alpha value is -2.77. The van der Waals surface area contributed by atoms with Crippen LogP contribution in [0.1, 0.15) is 26.2 Å². The monoisotopic (exact) mass is 322 g/mol. The van der Waals surface area contributed by atoms with Gasteiger partial charge in [-0.3, -0.25) is 0 Å². The Morgan fingerprint density at radius 3 is 2.71 bits per heavy atom. The first-order valence-electron chi connectivity index (χ1n) is 8.45. The average molecular weight is 322 g/mol. The van der Waals surface area contributed by atoms with E-state index in [9.17, 15) is 0 Å². The number of anilines is 1. The van der Waals surface area contributed by atoms with Crippen LogP contribution in [-0.4, -0.2) is 47.4 Å². The van der Waals surface area contributed by atoms with E-state index in [0.29, 0.717) is 5.78 Å². The van der Waals surface area contributed by atoms with Gasteiger partial charge in [-0.05, 0) is 26.2 Å². The fourth-order valence-electron chi connectivity index (χ4n) is 3.61. The lowest BCUT2D eigenvalue weighted by Crippen LogP contribution is -2.30. The highest BCUT2D eigenvalue weighted by atomic mass is 15.3. The van der Waals surface area contributed by atoms with Gasteiger partial charge in [-0.1, -0.05) is 0 Å². The van der Waals surface area contributed by atoms with Gasteiger partial charge < -0.3 is 4.90 Å². The number of aryl methyl sites for hydroxylation is 1. The summed E-state index contributed by atoms with van der Waals surface area (Å²) >= 11 is 0. The lowest BCUT2D eigenvalue weighted by Gasteiger charge is -2.28. The van der Waals surface area contributed by atoms with Gasteiger partial charge in [0.2, 0.25) is 0 Å². The molecule has 24 heavy (non-hydrogen) atoms. The quantitative estimate of drug-likeness (QED) is 0.562. The summed E-state index contributed by atoms with van der Waals surface area (Å²) in [6.45, 7) is 4.90. The minimum absolute atomic E-state index is 0.625. The maximum Gasteiger partial charge on any atom is 0.254 e. The van der Waals surface area contributed by atoms with E-state index in [1.165, 1.54) is 19.3 Å². The summed E-state index contributed by atoms with van der Waals surface area (Å²) in [6, 6.07) is 0. The van der Waals surface area contributed by atoms with Crippen LogP contribution in [0.4, 0.5) is 5.82 Å². The molecule has 0 saturated carbocycles. The molecule has 0 amide bonds. The van der Waals surface area contributed by atoms with Crippen molar-refractivity contribution in [1.29, 1.82) is 0 Å². The van der Waals surface area contributed by atoms with Crippen molar-refractivity contribution < 1.29 is 0 Å². The number of piperidine rings is 1. The van der Waals surface area contributed by atoms with Crippen molar-refractivity contribution >= 4 is 33.5 Å². The van der Waals surface area contributed by atoms with Crippen LogP contribution in [0.25, 0.3) is 27.7 Å². The topological polar surface area (TPSA) is 77.0 Å². The van der Waals surface area contributed by atoms with Crippen molar-refractivity contribution in [3.8, 4) is 0 Å². The van der Waals surface area contributed by atoms with Crippen molar-refractivity contribution in [2.75, 3.05) is 18.0 Å². The van der Waals surface area contributed by atoms with Crippen LogP contribution in [-0.2, 0) is 6.54 Å². The normalized spacial score (nSPS) is 15.8. The highest BCUT2D eigenvalue weighted by molar-refractivity contribution is 6.06. The zero-order valence-corrected chi connectivity index (χ0v) is 13.6. The number of nitrogens with zero attached hydrogens (tertiary/aromatic N) is 8. The van der Waals surface area contributed by atoms with Crippen molar-refractivity contribution in [3.63, 3.8) is 0 Å². The molecule has 4 aromatic rings. The van der Waals surface area contributed by atoms with Gasteiger partial charge in [0.15, 0.2) is 5.65 Å². The first-order chi connectivity index (χ1) is 11.9. The number of hydrogen-bond acceptors (Lipinski definition) is 6. The molecule has 0 unspecified atom stereocenters. The molecule has 8 nitrogen and oxygen atoms in total. The zero-order chi connectivity index (χ0) is 16.1. The average Bonchev–Trinajstić information content (AvgIpc) is 3.27. The molecule has 1 aliphatic heterocycles. The van der Waals surface area contributed by atoms with E-state index < -0.39 is 0 Å². The molecular formula is C16H18N8. The van der Waals surface area contributed by atoms with Gasteiger partial charge in [0.1, 0.15) is 12.1 Å². The molecule has 1 fully saturated rings. The van der Waals surface area contributed by atoms with Crippen LogP contribution < -0.4 is 4.90 Å². The molecule has 8 heteroatoms. The van der Waals surface area contributed by atoms with Crippen LogP contribution in [0.2, 0.25) is 0 Å². The summed E-state index contributed by atoms with van der Waals surface area (Å²) in [6.07, 6.45) is 9.01. The second kappa shape index (κ2) is 5.12. The van der Waals surface area contributed by atoms with Crippen molar-refractivity contribution in [3.05, 3.63) is 18.7 Å². The summed E-state index contributed by atoms with van der Waals surface area (Å²) in [5, 5.41) is 10.8. The number of pyridine rings is 1. The largest absolute Gasteiger partial charge is 0.356 e. The molecule has 0 spiro atoms. The van der Waals surface area contributed by atoms with Gasteiger partial charge in [-0.2, -0.15) is 24.7 Å². The number of rotatable bonds is 2. The molecule has 1 aliphatic rings. The lowest BCUT2D eigenvalue weighted by molar-refractivity contribution is 0.575. The number of hydrogen-bond donors (Lipinski definition) is 0. The van der Waals surface area contributed by atoms with Crippen molar-refractivity contribution in [1.82, 2.24) is 34.3 Å². The van der Waals surface area contributed by atoms with Crippen LogP contribution in [0.15, 0.2) is 18.7 Å². The molecule has 0 aliphatic carbocycles. The second-order valence-electron chi connectivity index (χ2n) is 6.17. The fraction of sp³-hybridized carbons (Fsp3) is 0.438. The maximum atomic E-state index is 4.77. The van der Waals surface area contributed by atoms with Gasteiger partial charge in [0, 0.05) is 25.8 Å². The Morgan fingerprint density at radius 1 is 1.00 bits per heavy atom. The summed E-state index contributed by atoms with van der Waals surface area (Å²) < 4.78 is 3.70. The Labute approximate surface area is 138 Å². The highest BCUT2D eigenvalue weighted by Crippen LogP contribution is 2.31. The number of fused-ring (bicyclic) bond motifs is 5. The molecule has 5 rings (SSSR count). The van der Waals surface area contributed by atoms with Gasteiger partial charge in [-0.25, -0.2) is 9.67 Å². The lowest BCUT2D eigenvalue weighted by atomic mass is 10.1. The van der Waals surface area contributed by atoms with E-state index in [0.717, 1.165) is 47.4 Å². The summed E-state index contributed by atoms with van der Waals surface area (Å²) in [5.74, 6) is 1.59. The Balaban J connectivity index is 1.89. The summed E-state index contributed by atoms with van der Waals surface area (Å²) in [5.41, 5.74) is 1.86. The number of aromatic nitrogens is 7. The minimum Gasteiger partial charge on any atom is -0.356 e. The molecule has 4 aromatic heterocycles. The van der Waals surface area contributed by atoms with E-state index in [-0.39, 0.29) is 0 Å². The molecular weight excluding hydrogens is 304 g/mol. The SMILES string of the molecule is CCn1ncc2c1ncc1c(N3CCCCC3)nc3ncnn3c12. The first kappa shape index (κ1) is 13.6. The Morgan fingerprint density at radius 2 is 1.88 bits per heavy atom. The van der Waals surface area contributed by atoms with Crippen LogP contribution in [0, 0.1) is 0 Å². The van der Waals surface area contributed by atoms with E-state index >= 15 is 0 Å². The van der Waals surface area contributed by atoms with Crippen LogP contribution in [0.3, 0.4) is 0 Å². The van der Waals surface area contributed by atoms with Gasteiger partial charge in [0.25, 0.3) is 5.78 Å². The highest BCUT2D eigenvalue weighted by Gasteiger charge is 2.20. The molecule has 1 saturated heterocycles. The molecule has 0 atom stereocenters. The standard InChI is InChI=1S/C16H18N8/c1-2-23-14-12(9-19-23)13-11(8-17-14)15(22-6-4-3-5-7-22)21-16-18-10-20-24(13)16/h8-10H,2-7H2,1H3. The zero-order valence-electron chi connectivity index (χ0n) is 13.6. The van der Waals surface area contributed by atoms with E-state index in [1.54, 1.807) is 10.8 Å². The van der Waals surface area contributed by atoms with Crippen molar-refractivity contribution in [2.45, 2.75) is 32.7 Å². The summed E-state index contributed by atoms with van der Waals surface area (Å²) in [4.78, 5) is 16.1. The molecule has 0 N–H and O–H groups in total. The smallest absolute Gasteiger partial charge is 0.254 e. The van der Waals surface area contributed by atoms with E-state index in [4.69, 9.17) is 4.98 Å². The maximum absolute atomic E-state index is 4.77. The molecule has 122 valence electrons. The molecule has 5 heterocycles. The predicted molar refractivity (Wildman–Crippen MR) is 91.1 cm³/mol. The molecule has 0 bridgehead atoms. The van der Waals surface area contributed by atoms with Crippen LogP contribution >= 0.6 is 0 Å². The molecule has 0 radical (unpaired) electrons. The van der Waals surface area contributed by atoms with Gasteiger partial charge in [-0.15, -0.1) is 0 Å². The summed E-state index contributed by atoms with van der Waals surface area (Å²) in [7, 11) is 0. The van der Waals surface area contributed by atoms with Crippen molar-refractivity contribution in [2.24, 2.45) is 0 Å². The molecule has 0 aromatic carbocycles. The third-order valence-corrected chi connectivity index (χ3v) is 4.78. The first-order valence-corrected chi connectivity index (χ1v) is 8.45. The third-order valence-electron chi connectivity index (χ3n) is 4.78. The predicted octanol–water partition coefficient (Wildman–Crippen LogP) is 2.03. The second-order valence-corrected chi connectivity index (χ2v) is 6.17. The third kappa shape index (κ3) is 1.82. The Bertz CT molecular complexity index is 1040. The van der Waals surface area contributed by atoms with E-state index in [2.05, 4.69) is 32.0 Å². The van der Waals surface area contributed by atoms with Crippen LogP contribution in [0.5, 0.6) is 0 Å². The Kier molecular flexibility index (Phi) is 2.91. The minimum atomic E-state index is 0.625. The van der Waals surface area contributed by atoms with Gasteiger partial charge >= 0.3 is 0 Å². The van der Waals surface area contributed by atoms with E-state index in [1.807, 2.05) is 17.1 Å². The fourth-order valence-corrected chi connectivity index (χ4v) is 3.61.